The van der Waals surface area contributed by atoms with E-state index in [-0.39, 0.29) is 17.5 Å². The Labute approximate surface area is 88.0 Å². The second-order valence-corrected chi connectivity index (χ2v) is 4.51. The number of hydrogen-bond acceptors (Lipinski definition) is 2. The van der Waals surface area contributed by atoms with Gasteiger partial charge in [0.1, 0.15) is 0 Å². The summed E-state index contributed by atoms with van der Waals surface area (Å²) in [6.45, 7) is 10.0. The maximum absolute atomic E-state index is 11.8. The Morgan fingerprint density at radius 2 is 1.64 bits per heavy atom. The van der Waals surface area contributed by atoms with Gasteiger partial charge in [-0.25, -0.2) is 0 Å². The second kappa shape index (κ2) is 6.05. The lowest BCUT2D eigenvalue weighted by molar-refractivity contribution is -0.160. The number of hydrogen-bond donors (Lipinski definition) is 0. The van der Waals surface area contributed by atoms with Crippen LogP contribution in [0.2, 0.25) is 0 Å². The summed E-state index contributed by atoms with van der Waals surface area (Å²) in [4.78, 5) is 11.8. The van der Waals surface area contributed by atoms with E-state index in [0.29, 0.717) is 0 Å². The SMILES string of the molecule is CCCC(C)(CCC)C(=O)OC(C)C. The van der Waals surface area contributed by atoms with Crippen molar-refractivity contribution in [3.63, 3.8) is 0 Å². The van der Waals surface area contributed by atoms with E-state index in [1.807, 2.05) is 20.8 Å². The van der Waals surface area contributed by atoms with Crippen molar-refractivity contribution in [2.45, 2.75) is 66.4 Å². The third-order valence-electron chi connectivity index (χ3n) is 2.44. The number of carbonyl (C=O) groups excluding carboxylic acids is 1. The van der Waals surface area contributed by atoms with Crippen molar-refractivity contribution in [2.24, 2.45) is 5.41 Å². The summed E-state index contributed by atoms with van der Waals surface area (Å²) in [6, 6.07) is 0. The Kier molecular flexibility index (Phi) is 5.82. The zero-order valence-electron chi connectivity index (χ0n) is 10.2. The maximum atomic E-state index is 11.8. The first-order valence-electron chi connectivity index (χ1n) is 5.67. The number of carbonyl (C=O) groups is 1. The maximum Gasteiger partial charge on any atom is 0.312 e. The first-order chi connectivity index (χ1) is 6.46. The van der Waals surface area contributed by atoms with Gasteiger partial charge in [0.05, 0.1) is 11.5 Å². The van der Waals surface area contributed by atoms with E-state index in [1.54, 1.807) is 0 Å². The lowest BCUT2D eigenvalue weighted by Crippen LogP contribution is -2.31. The van der Waals surface area contributed by atoms with Crippen LogP contribution < -0.4 is 0 Å². The lowest BCUT2D eigenvalue weighted by Gasteiger charge is -2.27. The molecule has 0 radical (unpaired) electrons. The first-order valence-corrected chi connectivity index (χ1v) is 5.67. The molecule has 14 heavy (non-hydrogen) atoms. The van der Waals surface area contributed by atoms with Crippen molar-refractivity contribution in [2.75, 3.05) is 0 Å². The van der Waals surface area contributed by atoms with Gasteiger partial charge in [-0.1, -0.05) is 26.7 Å². The minimum atomic E-state index is -0.270. The van der Waals surface area contributed by atoms with Gasteiger partial charge in [0.25, 0.3) is 0 Å². The molecule has 0 aliphatic heterocycles. The molecule has 0 aliphatic rings. The molecule has 0 fully saturated rings. The summed E-state index contributed by atoms with van der Waals surface area (Å²) < 4.78 is 5.28. The molecule has 0 aromatic rings. The molecule has 2 nitrogen and oxygen atoms in total. The van der Waals surface area contributed by atoms with E-state index in [9.17, 15) is 4.79 Å². The van der Waals surface area contributed by atoms with E-state index in [1.165, 1.54) is 0 Å². The lowest BCUT2D eigenvalue weighted by atomic mass is 9.81. The highest BCUT2D eigenvalue weighted by Crippen LogP contribution is 2.31. The fourth-order valence-corrected chi connectivity index (χ4v) is 1.79. The van der Waals surface area contributed by atoms with Gasteiger partial charge in [0.2, 0.25) is 0 Å². The Morgan fingerprint density at radius 3 is 1.93 bits per heavy atom. The summed E-state index contributed by atoms with van der Waals surface area (Å²) in [6.07, 6.45) is 3.90. The zero-order valence-corrected chi connectivity index (χ0v) is 10.2. The third kappa shape index (κ3) is 4.12. The molecule has 0 aliphatic carbocycles. The van der Waals surface area contributed by atoms with Crippen molar-refractivity contribution in [1.29, 1.82) is 0 Å². The van der Waals surface area contributed by atoms with Gasteiger partial charge in [-0.2, -0.15) is 0 Å². The summed E-state index contributed by atoms with van der Waals surface area (Å²) >= 11 is 0. The van der Waals surface area contributed by atoms with Gasteiger partial charge >= 0.3 is 5.97 Å². The molecule has 0 heterocycles. The van der Waals surface area contributed by atoms with Gasteiger partial charge in [-0.05, 0) is 33.6 Å². The van der Waals surface area contributed by atoms with E-state index >= 15 is 0 Å². The predicted molar refractivity (Wildman–Crippen MR) is 59.2 cm³/mol. The monoisotopic (exact) mass is 200 g/mol. The average Bonchev–Trinajstić information content (AvgIpc) is 2.03. The minimum Gasteiger partial charge on any atom is -0.463 e. The molecule has 0 saturated carbocycles. The van der Waals surface area contributed by atoms with Crippen molar-refractivity contribution in [3.8, 4) is 0 Å². The summed E-state index contributed by atoms with van der Waals surface area (Å²) in [5.41, 5.74) is -0.270. The smallest absolute Gasteiger partial charge is 0.312 e. The fraction of sp³-hybridized carbons (Fsp3) is 0.917. The quantitative estimate of drug-likeness (QED) is 0.613. The second-order valence-electron chi connectivity index (χ2n) is 4.51. The fourth-order valence-electron chi connectivity index (χ4n) is 1.79. The largest absolute Gasteiger partial charge is 0.463 e. The molecular formula is C12H24O2. The predicted octanol–water partition coefficient (Wildman–Crippen LogP) is 3.54. The summed E-state index contributed by atoms with van der Waals surface area (Å²) in [5, 5.41) is 0. The van der Waals surface area contributed by atoms with Crippen LogP contribution in [0.5, 0.6) is 0 Å². The summed E-state index contributed by atoms with van der Waals surface area (Å²) in [7, 11) is 0. The Balaban J connectivity index is 4.38. The Hall–Kier alpha value is -0.530. The Morgan fingerprint density at radius 1 is 1.21 bits per heavy atom. The molecule has 0 aromatic heterocycles. The molecule has 0 saturated heterocycles. The highest BCUT2D eigenvalue weighted by Gasteiger charge is 2.33. The van der Waals surface area contributed by atoms with E-state index in [0.717, 1.165) is 25.7 Å². The van der Waals surface area contributed by atoms with Gasteiger partial charge in [-0.15, -0.1) is 0 Å². The molecule has 0 bridgehead atoms. The van der Waals surface area contributed by atoms with Crippen LogP contribution in [-0.2, 0) is 9.53 Å². The standard InChI is InChI=1S/C12H24O2/c1-6-8-12(5,9-7-2)11(13)14-10(3)4/h10H,6-9H2,1-5H3. The number of rotatable bonds is 6. The van der Waals surface area contributed by atoms with Gasteiger partial charge in [-0.3, -0.25) is 4.79 Å². The van der Waals surface area contributed by atoms with Gasteiger partial charge in [0.15, 0.2) is 0 Å². The topological polar surface area (TPSA) is 26.3 Å². The van der Waals surface area contributed by atoms with Crippen molar-refractivity contribution in [1.82, 2.24) is 0 Å². The van der Waals surface area contributed by atoms with Crippen LogP contribution in [0, 0.1) is 5.41 Å². The highest BCUT2D eigenvalue weighted by atomic mass is 16.5. The van der Waals surface area contributed by atoms with E-state index in [2.05, 4.69) is 13.8 Å². The van der Waals surface area contributed by atoms with E-state index in [4.69, 9.17) is 4.74 Å². The zero-order chi connectivity index (χ0) is 11.2. The Bertz CT molecular complexity index is 167. The normalized spacial score (nSPS) is 11.9. The van der Waals surface area contributed by atoms with E-state index < -0.39 is 0 Å². The molecule has 0 aromatic carbocycles. The average molecular weight is 200 g/mol. The van der Waals surface area contributed by atoms with Crippen LogP contribution in [0.25, 0.3) is 0 Å². The number of esters is 1. The molecule has 0 atom stereocenters. The van der Waals surface area contributed by atoms with Gasteiger partial charge < -0.3 is 4.74 Å². The van der Waals surface area contributed by atoms with Crippen LogP contribution in [0.3, 0.4) is 0 Å². The molecule has 0 unspecified atom stereocenters. The van der Waals surface area contributed by atoms with Crippen LogP contribution in [0.15, 0.2) is 0 Å². The molecule has 0 amide bonds. The number of ether oxygens (including phenoxy) is 1. The minimum absolute atomic E-state index is 0.00413. The first kappa shape index (κ1) is 13.5. The summed E-state index contributed by atoms with van der Waals surface area (Å²) in [5.74, 6) is -0.0313. The van der Waals surface area contributed by atoms with Crippen LogP contribution in [-0.4, -0.2) is 12.1 Å². The third-order valence-corrected chi connectivity index (χ3v) is 2.44. The molecule has 2 heteroatoms. The van der Waals surface area contributed by atoms with Crippen LogP contribution in [0.4, 0.5) is 0 Å². The van der Waals surface area contributed by atoms with Crippen molar-refractivity contribution < 1.29 is 9.53 Å². The molecular weight excluding hydrogens is 176 g/mol. The molecule has 0 rings (SSSR count). The highest BCUT2D eigenvalue weighted by molar-refractivity contribution is 5.76. The molecule has 0 N–H and O–H groups in total. The van der Waals surface area contributed by atoms with Crippen molar-refractivity contribution in [3.05, 3.63) is 0 Å². The van der Waals surface area contributed by atoms with Crippen LogP contribution >= 0.6 is 0 Å². The molecule has 84 valence electrons. The van der Waals surface area contributed by atoms with Crippen LogP contribution in [0.1, 0.15) is 60.3 Å². The van der Waals surface area contributed by atoms with Gasteiger partial charge in [0, 0.05) is 0 Å². The molecule has 0 spiro atoms. The van der Waals surface area contributed by atoms with Crippen molar-refractivity contribution >= 4 is 5.97 Å².